The van der Waals surface area contributed by atoms with E-state index in [1.807, 2.05) is 0 Å². The van der Waals surface area contributed by atoms with Gasteiger partial charge in [-0.3, -0.25) is 4.79 Å². The second-order valence-electron chi connectivity index (χ2n) is 7.27. The van der Waals surface area contributed by atoms with Crippen molar-refractivity contribution in [2.75, 3.05) is 17.7 Å². The number of methoxy groups -OCH3 is 1. The third kappa shape index (κ3) is 3.43. The molecule has 2 aromatic carbocycles. The van der Waals surface area contributed by atoms with Crippen molar-refractivity contribution in [2.45, 2.75) is 12.3 Å². The number of benzene rings is 2. The summed E-state index contributed by atoms with van der Waals surface area (Å²) in [6.07, 6.45) is 4.75. The van der Waals surface area contributed by atoms with Crippen molar-refractivity contribution < 1.29 is 23.6 Å². The Morgan fingerprint density at radius 3 is 2.69 bits per heavy atom. The van der Waals surface area contributed by atoms with Gasteiger partial charge in [0.15, 0.2) is 5.76 Å². The summed E-state index contributed by atoms with van der Waals surface area (Å²) in [5.74, 6) is -0.401. The van der Waals surface area contributed by atoms with E-state index in [1.165, 1.54) is 31.5 Å². The van der Waals surface area contributed by atoms with Crippen molar-refractivity contribution in [1.29, 1.82) is 0 Å². The highest BCUT2D eigenvalue weighted by molar-refractivity contribution is 6.03. The lowest BCUT2D eigenvalue weighted by Gasteiger charge is -2.33. The van der Waals surface area contributed by atoms with Crippen molar-refractivity contribution in [3.63, 3.8) is 0 Å². The molecule has 0 radical (unpaired) electrons. The van der Waals surface area contributed by atoms with Gasteiger partial charge in [-0.05, 0) is 42.3 Å². The number of amides is 3. The summed E-state index contributed by atoms with van der Waals surface area (Å²) in [6.45, 7) is 1.79. The third-order valence-electron chi connectivity index (χ3n) is 5.37. The number of para-hydroxylation sites is 1. The first kappa shape index (κ1) is 21.0. The van der Waals surface area contributed by atoms with E-state index >= 15 is 0 Å². The van der Waals surface area contributed by atoms with E-state index in [2.05, 4.69) is 16.1 Å². The summed E-state index contributed by atoms with van der Waals surface area (Å²) in [6, 6.07) is 10.2. The van der Waals surface area contributed by atoms with Gasteiger partial charge in [-0.1, -0.05) is 30.3 Å². The molecular weight excluding hydrogens is 415 g/mol. The number of allylic oxidation sites excluding steroid dienone is 2. The number of hydroxylamine groups is 1. The van der Waals surface area contributed by atoms with Gasteiger partial charge in [0.1, 0.15) is 11.2 Å². The molecule has 1 atom stereocenters. The maximum absolute atomic E-state index is 13.5. The minimum atomic E-state index is -1.44. The number of nitrogens with one attached hydrogen (secondary N) is 3. The average molecular weight is 436 g/mol. The summed E-state index contributed by atoms with van der Waals surface area (Å²) in [5.41, 5.74) is 9.38. The molecule has 2 aromatic rings. The first-order valence-corrected chi connectivity index (χ1v) is 9.71. The molecule has 0 spiro atoms. The molecule has 1 aliphatic carbocycles. The summed E-state index contributed by atoms with van der Waals surface area (Å²) in [5, 5.41) is 5.37. The lowest BCUT2D eigenvalue weighted by Crippen LogP contribution is -2.43. The summed E-state index contributed by atoms with van der Waals surface area (Å²) in [4.78, 5) is 31.1. The van der Waals surface area contributed by atoms with E-state index in [-0.39, 0.29) is 5.69 Å². The Balaban J connectivity index is 1.77. The molecule has 0 saturated heterocycles. The van der Waals surface area contributed by atoms with E-state index in [0.29, 0.717) is 33.9 Å². The Morgan fingerprint density at radius 2 is 1.97 bits per heavy atom. The summed E-state index contributed by atoms with van der Waals surface area (Å²) < 4.78 is 18.8. The number of aryl methyl sites for hydroxylation is 1. The zero-order valence-electron chi connectivity index (χ0n) is 17.4. The van der Waals surface area contributed by atoms with Crippen LogP contribution in [0.5, 0.6) is 0 Å². The van der Waals surface area contributed by atoms with E-state index in [4.69, 9.17) is 15.3 Å². The number of fused-ring (bicyclic) bond motifs is 1. The number of rotatable bonds is 5. The number of ether oxygens (including phenoxy) is 1. The zero-order valence-corrected chi connectivity index (χ0v) is 17.4. The highest BCUT2D eigenvalue weighted by Gasteiger charge is 2.49. The van der Waals surface area contributed by atoms with Crippen LogP contribution in [0.2, 0.25) is 0 Å². The van der Waals surface area contributed by atoms with Crippen molar-refractivity contribution in [1.82, 2.24) is 5.48 Å². The quantitative estimate of drug-likeness (QED) is 0.574. The smallest absolute Gasteiger partial charge is 0.323 e. The van der Waals surface area contributed by atoms with Crippen LogP contribution >= 0.6 is 0 Å². The van der Waals surface area contributed by atoms with Crippen LogP contribution in [0.25, 0.3) is 0 Å². The van der Waals surface area contributed by atoms with Crippen LogP contribution in [0.4, 0.5) is 20.6 Å². The maximum atomic E-state index is 13.5. The molecule has 0 bridgehead atoms. The Bertz CT molecular complexity index is 1200. The molecule has 164 valence electrons. The number of hydrogen-bond donors (Lipinski definition) is 4. The monoisotopic (exact) mass is 436 g/mol. The molecule has 1 aliphatic heterocycles. The van der Waals surface area contributed by atoms with E-state index in [0.717, 1.165) is 0 Å². The first-order valence-electron chi connectivity index (χ1n) is 9.71. The maximum Gasteiger partial charge on any atom is 0.323 e. The average Bonchev–Trinajstić information content (AvgIpc) is 3.25. The molecule has 8 nitrogen and oxygen atoms in total. The molecule has 32 heavy (non-hydrogen) atoms. The van der Waals surface area contributed by atoms with Crippen LogP contribution in [0.1, 0.15) is 11.1 Å². The van der Waals surface area contributed by atoms with Gasteiger partial charge >= 0.3 is 6.03 Å². The number of anilines is 2. The zero-order chi connectivity index (χ0) is 22.9. The normalized spacial score (nSPS) is 18.8. The SMILES string of the molecule is COC1=C2ONC=C2C(C(N)=O)(c2cccc(C)c2NC(=O)Nc2cccc(F)c2)C=C1. The minimum Gasteiger partial charge on any atom is -0.493 e. The van der Waals surface area contributed by atoms with Gasteiger partial charge in [-0.2, -0.15) is 0 Å². The van der Waals surface area contributed by atoms with Gasteiger partial charge in [-0.15, -0.1) is 0 Å². The van der Waals surface area contributed by atoms with Crippen molar-refractivity contribution in [3.8, 4) is 0 Å². The lowest BCUT2D eigenvalue weighted by atomic mass is 9.69. The Kier molecular flexibility index (Phi) is 5.31. The Morgan fingerprint density at radius 1 is 1.19 bits per heavy atom. The fraction of sp³-hybridized carbons (Fsp3) is 0.130. The lowest BCUT2D eigenvalue weighted by molar-refractivity contribution is -0.120. The van der Waals surface area contributed by atoms with Crippen LogP contribution in [0.3, 0.4) is 0 Å². The standard InChI is InChI=1S/C23H21FN4O4/c1-13-5-3-8-16(19(13)28-22(30)27-15-7-4-6-14(24)11-15)23(21(25)29)10-9-18(31-2)20-17(23)12-26-32-20/h3-12,26H,1-2H3,(H2,25,29)(H2,27,28,30). The molecule has 9 heteroatoms. The van der Waals surface area contributed by atoms with Crippen LogP contribution in [0.15, 0.2) is 77.9 Å². The molecule has 2 aliphatic rings. The Hall–Kier alpha value is -4.27. The first-order chi connectivity index (χ1) is 15.4. The van der Waals surface area contributed by atoms with Gasteiger partial charge in [0.25, 0.3) is 0 Å². The highest BCUT2D eigenvalue weighted by atomic mass is 19.1. The number of primary amides is 1. The fourth-order valence-electron chi connectivity index (χ4n) is 3.86. The van der Waals surface area contributed by atoms with Crippen molar-refractivity contribution in [2.24, 2.45) is 5.73 Å². The summed E-state index contributed by atoms with van der Waals surface area (Å²) in [7, 11) is 1.49. The van der Waals surface area contributed by atoms with Crippen molar-refractivity contribution >= 4 is 23.3 Å². The number of halogens is 1. The molecule has 0 aromatic heterocycles. The van der Waals surface area contributed by atoms with Crippen LogP contribution in [0, 0.1) is 12.7 Å². The van der Waals surface area contributed by atoms with E-state index in [9.17, 15) is 14.0 Å². The molecule has 3 amide bonds. The van der Waals surface area contributed by atoms with Crippen LogP contribution in [-0.2, 0) is 19.8 Å². The predicted molar refractivity (Wildman–Crippen MR) is 117 cm³/mol. The molecule has 0 fully saturated rings. The molecule has 4 rings (SSSR count). The number of carbonyl (C=O) groups is 2. The van der Waals surface area contributed by atoms with Gasteiger partial charge in [0.2, 0.25) is 11.7 Å². The molecular formula is C23H21FN4O4. The van der Waals surface area contributed by atoms with Crippen LogP contribution in [-0.4, -0.2) is 19.0 Å². The predicted octanol–water partition coefficient (Wildman–Crippen LogP) is 3.35. The van der Waals surface area contributed by atoms with Crippen LogP contribution < -0.4 is 21.8 Å². The van der Waals surface area contributed by atoms with Gasteiger partial charge < -0.3 is 25.9 Å². The fourth-order valence-corrected chi connectivity index (χ4v) is 3.86. The second-order valence-corrected chi connectivity index (χ2v) is 7.27. The van der Waals surface area contributed by atoms with E-state index < -0.39 is 23.2 Å². The van der Waals surface area contributed by atoms with Gasteiger partial charge in [-0.25, -0.2) is 14.7 Å². The molecule has 5 N–H and O–H groups in total. The van der Waals surface area contributed by atoms with Crippen molar-refractivity contribution in [3.05, 3.63) is 94.9 Å². The molecule has 1 unspecified atom stereocenters. The number of urea groups is 1. The molecule has 0 saturated carbocycles. The number of hydrogen-bond acceptors (Lipinski definition) is 5. The van der Waals surface area contributed by atoms with Gasteiger partial charge in [0, 0.05) is 17.5 Å². The van der Waals surface area contributed by atoms with E-state index in [1.54, 1.807) is 43.3 Å². The highest BCUT2D eigenvalue weighted by Crippen LogP contribution is 2.47. The minimum absolute atomic E-state index is 0.283. The second kappa shape index (κ2) is 8.10. The van der Waals surface area contributed by atoms with Gasteiger partial charge in [0.05, 0.1) is 12.8 Å². The number of carbonyl (C=O) groups excluding carboxylic acids is 2. The topological polar surface area (TPSA) is 115 Å². The Labute approximate surface area is 183 Å². The third-order valence-corrected chi connectivity index (χ3v) is 5.37. The molecule has 1 heterocycles. The summed E-state index contributed by atoms with van der Waals surface area (Å²) >= 11 is 0. The largest absolute Gasteiger partial charge is 0.493 e. The number of nitrogens with two attached hydrogens (primary N) is 1.